The number of nitrogens with zero attached hydrogens (tertiary/aromatic N) is 7. The number of carbonyl (C=O) groups excluding carboxylic acids is 1. The molecule has 4 rings (SSSR count). The smallest absolute Gasteiger partial charge is 0.379 e. The third-order valence-electron chi connectivity index (χ3n) is 3.79. The Morgan fingerprint density at radius 2 is 2.11 bits per heavy atom. The Labute approximate surface area is 153 Å². The van der Waals surface area contributed by atoms with Gasteiger partial charge in [-0.25, -0.2) is 14.3 Å². The van der Waals surface area contributed by atoms with Crippen molar-refractivity contribution in [3.05, 3.63) is 53.7 Å². The molecule has 0 N–H and O–H groups in total. The fourth-order valence-corrected chi connectivity index (χ4v) is 2.53. The van der Waals surface area contributed by atoms with Crippen molar-refractivity contribution < 1.29 is 14.1 Å². The highest BCUT2D eigenvalue weighted by atomic mass is 16.6. The van der Waals surface area contributed by atoms with Gasteiger partial charge in [0.05, 0.1) is 0 Å². The van der Waals surface area contributed by atoms with Crippen LogP contribution in [0.5, 0.6) is 0 Å². The van der Waals surface area contributed by atoms with Crippen LogP contribution in [-0.2, 0) is 4.74 Å². The van der Waals surface area contributed by atoms with Crippen molar-refractivity contribution in [2.24, 2.45) is 0 Å². The second-order valence-corrected chi connectivity index (χ2v) is 5.93. The van der Waals surface area contributed by atoms with Crippen LogP contribution < -0.4 is 0 Å². The Kier molecular flexibility index (Phi) is 4.07. The maximum Gasteiger partial charge on any atom is 0.379 e. The summed E-state index contributed by atoms with van der Waals surface area (Å²) in [6.07, 6.45) is 2.50. The summed E-state index contributed by atoms with van der Waals surface area (Å²) in [6, 6.07) is 5.41. The standard InChI is InChI=1S/C17H15N7O3/c1-9-7-10(2)24-17(19-9)21-14(22-24)16(25)26-11(3)15-20-13(23-27-15)12-5-4-6-18-8-12/h4-8,11H,1-3H3. The van der Waals surface area contributed by atoms with Crippen LogP contribution in [0.15, 0.2) is 35.1 Å². The molecule has 27 heavy (non-hydrogen) atoms. The van der Waals surface area contributed by atoms with Gasteiger partial charge in [-0.15, -0.1) is 5.10 Å². The molecule has 1 atom stereocenters. The SMILES string of the molecule is Cc1cc(C)n2nc(C(=O)OC(C)c3nc(-c4cccnc4)no3)nc2n1. The summed E-state index contributed by atoms with van der Waals surface area (Å²) in [5.41, 5.74) is 2.30. The first-order chi connectivity index (χ1) is 13.0. The van der Waals surface area contributed by atoms with Crippen LogP contribution in [0.4, 0.5) is 0 Å². The predicted octanol–water partition coefficient (Wildman–Crippen LogP) is 2.10. The van der Waals surface area contributed by atoms with Gasteiger partial charge in [-0.2, -0.15) is 9.97 Å². The molecule has 0 saturated carbocycles. The molecule has 136 valence electrons. The summed E-state index contributed by atoms with van der Waals surface area (Å²) in [6.45, 7) is 5.32. The number of rotatable bonds is 4. The normalized spacial score (nSPS) is 12.3. The quantitative estimate of drug-likeness (QED) is 0.500. The summed E-state index contributed by atoms with van der Waals surface area (Å²) in [5.74, 6) is 0.0725. The van der Waals surface area contributed by atoms with E-state index < -0.39 is 12.1 Å². The Hall–Kier alpha value is -3.69. The predicted molar refractivity (Wildman–Crippen MR) is 91.6 cm³/mol. The molecule has 0 aliphatic rings. The highest BCUT2D eigenvalue weighted by Crippen LogP contribution is 2.20. The van der Waals surface area contributed by atoms with E-state index in [1.807, 2.05) is 19.9 Å². The van der Waals surface area contributed by atoms with Crippen molar-refractivity contribution >= 4 is 11.7 Å². The van der Waals surface area contributed by atoms with E-state index >= 15 is 0 Å². The lowest BCUT2D eigenvalue weighted by Crippen LogP contribution is -2.11. The average Bonchev–Trinajstić information content (AvgIpc) is 3.30. The van der Waals surface area contributed by atoms with Gasteiger partial charge in [0.15, 0.2) is 6.10 Å². The highest BCUT2D eigenvalue weighted by Gasteiger charge is 2.23. The zero-order chi connectivity index (χ0) is 19.0. The van der Waals surface area contributed by atoms with Crippen molar-refractivity contribution in [3.63, 3.8) is 0 Å². The zero-order valence-corrected chi connectivity index (χ0v) is 14.8. The van der Waals surface area contributed by atoms with Gasteiger partial charge in [0.1, 0.15) is 0 Å². The Morgan fingerprint density at radius 3 is 2.89 bits per heavy atom. The minimum Gasteiger partial charge on any atom is -0.447 e. The van der Waals surface area contributed by atoms with Gasteiger partial charge >= 0.3 is 5.97 Å². The van der Waals surface area contributed by atoms with Crippen molar-refractivity contribution in [1.82, 2.24) is 34.7 Å². The number of fused-ring (bicyclic) bond motifs is 1. The molecule has 10 nitrogen and oxygen atoms in total. The van der Waals surface area contributed by atoms with Crippen LogP contribution in [0.2, 0.25) is 0 Å². The van der Waals surface area contributed by atoms with E-state index in [2.05, 4.69) is 30.2 Å². The van der Waals surface area contributed by atoms with E-state index in [1.165, 1.54) is 4.52 Å². The van der Waals surface area contributed by atoms with Gasteiger partial charge in [-0.1, -0.05) is 5.16 Å². The maximum atomic E-state index is 12.4. The number of aromatic nitrogens is 7. The lowest BCUT2D eigenvalue weighted by atomic mass is 10.3. The molecule has 0 saturated heterocycles. The number of ether oxygens (including phenoxy) is 1. The molecule has 0 aliphatic carbocycles. The molecule has 1 unspecified atom stereocenters. The number of carbonyl (C=O) groups is 1. The van der Waals surface area contributed by atoms with Gasteiger partial charge in [0, 0.05) is 29.3 Å². The molecular formula is C17H15N7O3. The number of hydrogen-bond acceptors (Lipinski definition) is 9. The van der Waals surface area contributed by atoms with Gasteiger partial charge in [-0.05, 0) is 39.0 Å². The zero-order valence-electron chi connectivity index (χ0n) is 14.8. The third kappa shape index (κ3) is 3.24. The van der Waals surface area contributed by atoms with E-state index in [4.69, 9.17) is 9.26 Å². The van der Waals surface area contributed by atoms with Crippen LogP contribution in [-0.4, -0.2) is 40.7 Å². The first kappa shape index (κ1) is 16.8. The summed E-state index contributed by atoms with van der Waals surface area (Å²) in [5, 5.41) is 8.03. The summed E-state index contributed by atoms with van der Waals surface area (Å²) in [4.78, 5) is 29.0. The summed E-state index contributed by atoms with van der Waals surface area (Å²) >= 11 is 0. The van der Waals surface area contributed by atoms with E-state index in [-0.39, 0.29) is 11.7 Å². The molecule has 0 spiro atoms. The van der Waals surface area contributed by atoms with Crippen LogP contribution in [0, 0.1) is 13.8 Å². The van der Waals surface area contributed by atoms with E-state index in [0.717, 1.165) is 11.4 Å². The fraction of sp³-hybridized carbons (Fsp3) is 0.235. The van der Waals surface area contributed by atoms with Gasteiger partial charge in [-0.3, -0.25) is 4.98 Å². The Bertz CT molecular complexity index is 1120. The van der Waals surface area contributed by atoms with Crippen LogP contribution in [0.1, 0.15) is 40.9 Å². The summed E-state index contributed by atoms with van der Waals surface area (Å²) in [7, 11) is 0. The van der Waals surface area contributed by atoms with Crippen molar-refractivity contribution in [3.8, 4) is 11.4 Å². The van der Waals surface area contributed by atoms with Crippen molar-refractivity contribution in [1.29, 1.82) is 0 Å². The Morgan fingerprint density at radius 1 is 1.26 bits per heavy atom. The van der Waals surface area contributed by atoms with Gasteiger partial charge in [0.2, 0.25) is 5.82 Å². The lowest BCUT2D eigenvalue weighted by Gasteiger charge is -2.06. The van der Waals surface area contributed by atoms with Gasteiger partial charge < -0.3 is 9.26 Å². The van der Waals surface area contributed by atoms with E-state index in [1.54, 1.807) is 31.5 Å². The van der Waals surface area contributed by atoms with Crippen LogP contribution in [0.25, 0.3) is 17.2 Å². The minimum absolute atomic E-state index is 0.0879. The van der Waals surface area contributed by atoms with Gasteiger partial charge in [0.25, 0.3) is 17.5 Å². The molecule has 0 aliphatic heterocycles. The number of hydrogen-bond donors (Lipinski definition) is 0. The third-order valence-corrected chi connectivity index (χ3v) is 3.79. The maximum absolute atomic E-state index is 12.4. The molecule has 0 aromatic carbocycles. The molecule has 0 bridgehead atoms. The average molecular weight is 365 g/mol. The number of pyridine rings is 1. The lowest BCUT2D eigenvalue weighted by molar-refractivity contribution is 0.0251. The van der Waals surface area contributed by atoms with Crippen molar-refractivity contribution in [2.45, 2.75) is 26.9 Å². The van der Waals surface area contributed by atoms with Crippen LogP contribution in [0.3, 0.4) is 0 Å². The highest BCUT2D eigenvalue weighted by molar-refractivity contribution is 5.85. The Balaban J connectivity index is 1.53. The molecule has 4 aromatic heterocycles. The monoisotopic (exact) mass is 365 g/mol. The molecule has 0 radical (unpaired) electrons. The molecule has 4 heterocycles. The molecule has 4 aromatic rings. The molecule has 0 amide bonds. The number of aryl methyl sites for hydroxylation is 2. The first-order valence-electron chi connectivity index (χ1n) is 8.17. The molecule has 10 heteroatoms. The van der Waals surface area contributed by atoms with E-state index in [0.29, 0.717) is 17.2 Å². The first-order valence-corrected chi connectivity index (χ1v) is 8.17. The largest absolute Gasteiger partial charge is 0.447 e. The number of esters is 1. The van der Waals surface area contributed by atoms with E-state index in [9.17, 15) is 4.79 Å². The van der Waals surface area contributed by atoms with Crippen LogP contribution >= 0.6 is 0 Å². The fourth-order valence-electron chi connectivity index (χ4n) is 2.53. The molecule has 0 fully saturated rings. The second-order valence-electron chi connectivity index (χ2n) is 5.93. The minimum atomic E-state index is -0.766. The topological polar surface area (TPSA) is 121 Å². The second kappa shape index (κ2) is 6.56. The van der Waals surface area contributed by atoms with Crippen molar-refractivity contribution in [2.75, 3.05) is 0 Å². The summed E-state index contributed by atoms with van der Waals surface area (Å²) < 4.78 is 12.0. The molecular weight excluding hydrogens is 350 g/mol.